The van der Waals surface area contributed by atoms with Crippen molar-refractivity contribution in [2.45, 2.75) is 27.7 Å². The zero-order valence-electron chi connectivity index (χ0n) is 9.87. The molecule has 86 valence electrons. The molecule has 0 heterocycles. The van der Waals surface area contributed by atoms with E-state index in [1.165, 1.54) is 5.56 Å². The van der Waals surface area contributed by atoms with Crippen LogP contribution in [-0.2, 0) is 9.59 Å². The van der Waals surface area contributed by atoms with Gasteiger partial charge >= 0.3 is 0 Å². The molecule has 0 bridgehead atoms. The number of carbonyl (C=O) groups excluding carboxylic acids is 1. The average molecular weight is 221 g/mol. The second-order valence-electron chi connectivity index (χ2n) is 3.47. The number of carbonyl (C=O) groups is 1. The van der Waals surface area contributed by atoms with Gasteiger partial charge in [-0.1, -0.05) is 17.7 Å². The van der Waals surface area contributed by atoms with E-state index in [1.54, 1.807) is 6.08 Å². The number of aliphatic carboxylic acids is 1. The molecule has 0 radical (unpaired) electrons. The Morgan fingerprint density at radius 1 is 1.25 bits per heavy atom. The first-order valence-corrected chi connectivity index (χ1v) is 4.73. The zero-order chi connectivity index (χ0) is 12.7. The minimum atomic E-state index is -0.833. The maximum atomic E-state index is 10.1. The van der Waals surface area contributed by atoms with Gasteiger partial charge in [0.2, 0.25) is 6.08 Å². The van der Waals surface area contributed by atoms with Gasteiger partial charge < -0.3 is 5.11 Å². The number of nitrogens with zero attached hydrogens (tertiary/aromatic N) is 1. The summed E-state index contributed by atoms with van der Waals surface area (Å²) in [7, 11) is 0. The molecule has 1 rings (SSSR count). The van der Waals surface area contributed by atoms with Crippen LogP contribution >= 0.6 is 0 Å². The highest BCUT2D eigenvalue weighted by Gasteiger charge is 2.00. The fourth-order valence-electron chi connectivity index (χ4n) is 1.39. The molecule has 0 amide bonds. The van der Waals surface area contributed by atoms with E-state index in [4.69, 9.17) is 9.90 Å². The summed E-state index contributed by atoms with van der Waals surface area (Å²) in [4.78, 5) is 22.7. The SMILES string of the molecule is CC(=O)O.Cc1cc(C)c(N=C=O)c(C)c1. The summed E-state index contributed by atoms with van der Waals surface area (Å²) >= 11 is 0. The van der Waals surface area contributed by atoms with Crippen LogP contribution in [0.15, 0.2) is 17.1 Å². The fourth-order valence-corrected chi connectivity index (χ4v) is 1.39. The van der Waals surface area contributed by atoms with Crippen LogP contribution < -0.4 is 0 Å². The molecule has 4 heteroatoms. The van der Waals surface area contributed by atoms with E-state index in [-0.39, 0.29) is 0 Å². The number of hydrogen-bond acceptors (Lipinski definition) is 3. The van der Waals surface area contributed by atoms with E-state index in [2.05, 4.69) is 4.99 Å². The van der Waals surface area contributed by atoms with E-state index >= 15 is 0 Å². The first-order chi connectivity index (χ1) is 7.38. The molecule has 0 saturated carbocycles. The van der Waals surface area contributed by atoms with Crippen LogP contribution in [0.4, 0.5) is 5.69 Å². The molecule has 0 saturated heterocycles. The van der Waals surface area contributed by atoms with Crippen molar-refractivity contribution in [3.8, 4) is 0 Å². The molecule has 0 fully saturated rings. The molecular formula is C12H15NO3. The molecule has 0 aliphatic carbocycles. The lowest BCUT2D eigenvalue weighted by molar-refractivity contribution is -0.134. The normalized spacial score (nSPS) is 8.50. The van der Waals surface area contributed by atoms with Crippen molar-refractivity contribution in [1.82, 2.24) is 0 Å². The second kappa shape index (κ2) is 6.53. The maximum Gasteiger partial charge on any atom is 0.300 e. The lowest BCUT2D eigenvalue weighted by Gasteiger charge is -2.03. The molecule has 4 nitrogen and oxygen atoms in total. The highest BCUT2D eigenvalue weighted by Crippen LogP contribution is 2.23. The van der Waals surface area contributed by atoms with Crippen LogP contribution in [0.5, 0.6) is 0 Å². The smallest absolute Gasteiger partial charge is 0.300 e. The minimum absolute atomic E-state index is 0.746. The van der Waals surface area contributed by atoms with Gasteiger partial charge in [0.15, 0.2) is 0 Å². The Morgan fingerprint density at radius 3 is 1.94 bits per heavy atom. The van der Waals surface area contributed by atoms with Crippen molar-refractivity contribution >= 4 is 17.7 Å². The van der Waals surface area contributed by atoms with Crippen LogP contribution in [0.25, 0.3) is 0 Å². The number of hydrogen-bond donors (Lipinski definition) is 1. The zero-order valence-corrected chi connectivity index (χ0v) is 9.87. The summed E-state index contributed by atoms with van der Waals surface area (Å²) in [5.74, 6) is -0.833. The molecule has 0 aliphatic heterocycles. The van der Waals surface area contributed by atoms with Gasteiger partial charge in [-0.3, -0.25) is 4.79 Å². The Kier molecular flexibility index (Phi) is 5.75. The van der Waals surface area contributed by atoms with Gasteiger partial charge in [0.05, 0.1) is 5.69 Å². The van der Waals surface area contributed by atoms with Crippen molar-refractivity contribution in [1.29, 1.82) is 0 Å². The Hall–Kier alpha value is -1.93. The summed E-state index contributed by atoms with van der Waals surface area (Å²) in [6.07, 6.45) is 1.56. The van der Waals surface area contributed by atoms with Crippen molar-refractivity contribution < 1.29 is 14.7 Å². The van der Waals surface area contributed by atoms with Gasteiger partial charge in [-0.05, 0) is 31.9 Å². The number of rotatable bonds is 1. The van der Waals surface area contributed by atoms with E-state index in [9.17, 15) is 4.79 Å². The van der Waals surface area contributed by atoms with E-state index in [1.807, 2.05) is 32.9 Å². The Balaban J connectivity index is 0.000000487. The highest BCUT2D eigenvalue weighted by atomic mass is 16.4. The average Bonchev–Trinajstić information content (AvgIpc) is 2.10. The van der Waals surface area contributed by atoms with Crippen LogP contribution in [0, 0.1) is 20.8 Å². The summed E-state index contributed by atoms with van der Waals surface area (Å²) in [5.41, 5.74) is 3.98. The monoisotopic (exact) mass is 221 g/mol. The van der Waals surface area contributed by atoms with Crippen LogP contribution in [0.3, 0.4) is 0 Å². The molecule has 0 aromatic heterocycles. The Bertz CT molecular complexity index is 405. The third kappa shape index (κ3) is 5.08. The number of aryl methyl sites for hydroxylation is 3. The van der Waals surface area contributed by atoms with Crippen LogP contribution in [-0.4, -0.2) is 17.2 Å². The predicted molar refractivity (Wildman–Crippen MR) is 61.7 cm³/mol. The standard InChI is InChI=1S/C10H11NO.C2H4O2/c1-7-4-8(2)10(11-6-12)9(3)5-7;1-2(3)4/h4-5H,1-3H3;1H3,(H,3,4). The fraction of sp³-hybridized carbons (Fsp3) is 0.333. The minimum Gasteiger partial charge on any atom is -0.481 e. The molecule has 1 N–H and O–H groups in total. The summed E-state index contributed by atoms with van der Waals surface area (Å²) < 4.78 is 0. The van der Waals surface area contributed by atoms with Gasteiger partial charge in [-0.25, -0.2) is 4.79 Å². The van der Waals surface area contributed by atoms with Gasteiger partial charge in [0.1, 0.15) is 0 Å². The number of carboxylic acid groups (broad SMARTS) is 1. The van der Waals surface area contributed by atoms with E-state index in [0.29, 0.717) is 0 Å². The molecule has 0 aliphatic rings. The summed E-state index contributed by atoms with van der Waals surface area (Å²) in [5, 5.41) is 7.42. The Morgan fingerprint density at radius 2 is 1.62 bits per heavy atom. The summed E-state index contributed by atoms with van der Waals surface area (Å²) in [6.45, 7) is 6.99. The van der Waals surface area contributed by atoms with Gasteiger partial charge in [-0.15, -0.1) is 0 Å². The lowest BCUT2D eigenvalue weighted by atomic mass is 10.1. The van der Waals surface area contributed by atoms with Gasteiger partial charge in [-0.2, -0.15) is 4.99 Å². The highest BCUT2D eigenvalue weighted by molar-refractivity contribution is 5.63. The third-order valence-corrected chi connectivity index (χ3v) is 1.79. The second-order valence-corrected chi connectivity index (χ2v) is 3.47. The molecule has 1 aromatic carbocycles. The van der Waals surface area contributed by atoms with Gasteiger partial charge in [0.25, 0.3) is 5.97 Å². The largest absolute Gasteiger partial charge is 0.481 e. The molecular weight excluding hydrogens is 206 g/mol. The molecule has 16 heavy (non-hydrogen) atoms. The lowest BCUT2D eigenvalue weighted by Crippen LogP contribution is -1.82. The van der Waals surface area contributed by atoms with Crippen LogP contribution in [0.1, 0.15) is 23.6 Å². The van der Waals surface area contributed by atoms with Crippen molar-refractivity contribution in [2.75, 3.05) is 0 Å². The number of benzene rings is 1. The molecule has 0 spiro atoms. The summed E-state index contributed by atoms with van der Waals surface area (Å²) in [6, 6.07) is 4.01. The van der Waals surface area contributed by atoms with Gasteiger partial charge in [0, 0.05) is 6.92 Å². The molecule has 0 unspecified atom stereocenters. The third-order valence-electron chi connectivity index (χ3n) is 1.79. The molecule has 1 aromatic rings. The number of carboxylic acids is 1. The quantitative estimate of drug-likeness (QED) is 0.585. The number of aliphatic imine (C=N–C) groups is 1. The predicted octanol–water partition coefficient (Wildman–Crippen LogP) is 2.67. The topological polar surface area (TPSA) is 66.7 Å². The van der Waals surface area contributed by atoms with Crippen LogP contribution in [0.2, 0.25) is 0 Å². The van der Waals surface area contributed by atoms with Crippen molar-refractivity contribution in [3.63, 3.8) is 0 Å². The van der Waals surface area contributed by atoms with E-state index < -0.39 is 5.97 Å². The van der Waals surface area contributed by atoms with Crippen molar-refractivity contribution in [3.05, 3.63) is 28.8 Å². The van der Waals surface area contributed by atoms with Crippen molar-refractivity contribution in [2.24, 2.45) is 4.99 Å². The van der Waals surface area contributed by atoms with E-state index in [0.717, 1.165) is 23.7 Å². The first kappa shape index (κ1) is 14.1. The Labute approximate surface area is 94.6 Å². The number of isocyanates is 1. The molecule has 0 atom stereocenters. The first-order valence-electron chi connectivity index (χ1n) is 4.73. The maximum absolute atomic E-state index is 10.1.